The van der Waals surface area contributed by atoms with Gasteiger partial charge in [-0.2, -0.15) is 0 Å². The van der Waals surface area contributed by atoms with Crippen molar-refractivity contribution in [3.05, 3.63) is 0 Å². The van der Waals surface area contributed by atoms with E-state index in [-0.39, 0.29) is 32.5 Å². The second kappa shape index (κ2) is 3.87. The van der Waals surface area contributed by atoms with Gasteiger partial charge in [0.15, 0.2) is 0 Å². The largest absolute Gasteiger partial charge is 1.00 e. The smallest absolute Gasteiger partial charge is 0.786 e. The second-order valence-corrected chi connectivity index (χ2v) is 5.67. The quantitative estimate of drug-likeness (QED) is 0.481. The summed E-state index contributed by atoms with van der Waals surface area (Å²) in [6.07, 6.45) is 2.28. The third kappa shape index (κ3) is 3.65. The molecule has 0 aliphatic heterocycles. The topological polar surface area (TPSA) is 17.1 Å². The fourth-order valence-corrected chi connectivity index (χ4v) is 2.70. The molecule has 1 aliphatic carbocycles. The molecule has 0 N–H and O–H groups in total. The maximum absolute atomic E-state index is 11.2. The van der Waals surface area contributed by atoms with Gasteiger partial charge in [-0.1, -0.05) is 27.2 Å². The second-order valence-electron chi connectivity index (χ2n) is 4.68. The Hall–Kier alpha value is 0.760. The van der Waals surface area contributed by atoms with Crippen molar-refractivity contribution in [1.29, 1.82) is 0 Å². The first-order valence-electron chi connectivity index (χ1n) is 4.03. The molecule has 0 heterocycles. The third-order valence-corrected chi connectivity index (χ3v) is 2.39. The molecule has 0 saturated heterocycles. The first-order valence-corrected chi connectivity index (χ1v) is 4.44. The summed E-state index contributed by atoms with van der Waals surface area (Å²) in [5.41, 5.74) is 0.131. The van der Waals surface area contributed by atoms with E-state index in [1.165, 1.54) is 0 Å². The zero-order chi connectivity index (χ0) is 8.70. The van der Waals surface area contributed by atoms with E-state index < -0.39 is 0 Å². The van der Waals surface area contributed by atoms with Gasteiger partial charge >= 0.3 is 22.4 Å². The minimum Gasteiger partial charge on any atom is -0.786 e. The van der Waals surface area contributed by atoms with Crippen LogP contribution in [0.5, 0.6) is 0 Å². The van der Waals surface area contributed by atoms with Crippen LogP contribution in [0.3, 0.4) is 0 Å². The van der Waals surface area contributed by atoms with Gasteiger partial charge in [0.1, 0.15) is 5.78 Å². The van der Waals surface area contributed by atoms with Crippen molar-refractivity contribution in [1.82, 2.24) is 0 Å². The standard InChI is InChI=1S/C9H16OS.Au/c1-8(2)4-7(10)5-9(3,11)6-8;/h11H,4-6H2,1-3H3;/q;+1/p-1. The van der Waals surface area contributed by atoms with Crippen LogP contribution in [-0.2, 0) is 39.8 Å². The normalized spacial score (nSPS) is 34.2. The Bertz CT molecular complexity index is 169. The SMILES string of the molecule is CC1(C)CC(=O)CC(C)([S-])C1.[Au+]. The van der Waals surface area contributed by atoms with Crippen molar-refractivity contribution in [3.8, 4) is 0 Å². The molecule has 0 spiro atoms. The molecule has 74 valence electrons. The molecular weight excluding hydrogens is 353 g/mol. The number of hydrogen-bond acceptors (Lipinski definition) is 2. The van der Waals surface area contributed by atoms with Gasteiger partial charge < -0.3 is 12.6 Å². The summed E-state index contributed by atoms with van der Waals surface area (Å²) in [5.74, 6) is 0.332. The minimum absolute atomic E-state index is 0. The van der Waals surface area contributed by atoms with E-state index in [9.17, 15) is 4.79 Å². The maximum atomic E-state index is 11.2. The average Bonchev–Trinajstić information content (AvgIpc) is 1.49. The van der Waals surface area contributed by atoms with Crippen LogP contribution in [-0.4, -0.2) is 10.5 Å². The van der Waals surface area contributed by atoms with Crippen molar-refractivity contribution in [3.63, 3.8) is 0 Å². The molecule has 1 aliphatic rings. The van der Waals surface area contributed by atoms with Crippen LogP contribution in [0, 0.1) is 5.41 Å². The Morgan fingerprint density at radius 1 is 1.25 bits per heavy atom. The molecule has 1 saturated carbocycles. The number of rotatable bonds is 0. The van der Waals surface area contributed by atoms with Gasteiger partial charge in [-0.25, -0.2) is 0 Å². The first-order chi connectivity index (χ1) is 4.81. The predicted octanol–water partition coefficient (Wildman–Crippen LogP) is 2.07. The monoisotopic (exact) mass is 368 g/mol. The fraction of sp³-hybridized carbons (Fsp3) is 0.889. The van der Waals surface area contributed by atoms with E-state index in [4.69, 9.17) is 12.6 Å². The summed E-state index contributed by atoms with van der Waals surface area (Å²) in [6, 6.07) is 0. The Labute approximate surface area is 95.6 Å². The molecule has 0 radical (unpaired) electrons. The van der Waals surface area contributed by atoms with Crippen molar-refractivity contribution in [2.45, 2.75) is 44.8 Å². The molecule has 0 aromatic carbocycles. The summed E-state index contributed by atoms with van der Waals surface area (Å²) < 4.78 is -0.182. The van der Waals surface area contributed by atoms with E-state index in [1.807, 2.05) is 6.92 Å². The van der Waals surface area contributed by atoms with Gasteiger partial charge in [0, 0.05) is 6.42 Å². The molecule has 3 heteroatoms. The Kier molecular flexibility index (Phi) is 4.11. The molecular formula is C9H15AuOS. The van der Waals surface area contributed by atoms with Gasteiger partial charge in [-0.05, 0) is 11.8 Å². The van der Waals surface area contributed by atoms with Crippen molar-refractivity contribution < 1.29 is 27.2 Å². The molecule has 12 heavy (non-hydrogen) atoms. The molecule has 0 bridgehead atoms. The molecule has 1 unspecified atom stereocenters. The summed E-state index contributed by atoms with van der Waals surface area (Å²) in [6.45, 7) is 6.24. The summed E-state index contributed by atoms with van der Waals surface area (Å²) in [4.78, 5) is 11.2. The molecule has 1 atom stereocenters. The predicted molar refractivity (Wildman–Crippen MR) is 48.4 cm³/mol. The Balaban J connectivity index is 0.00000121. The zero-order valence-electron chi connectivity index (χ0n) is 7.74. The van der Waals surface area contributed by atoms with Crippen LogP contribution >= 0.6 is 0 Å². The molecule has 0 aromatic rings. The molecule has 1 rings (SSSR count). The zero-order valence-corrected chi connectivity index (χ0v) is 10.7. The van der Waals surface area contributed by atoms with Crippen molar-refractivity contribution >= 4 is 18.4 Å². The Morgan fingerprint density at radius 2 is 1.75 bits per heavy atom. The Morgan fingerprint density at radius 3 is 2.08 bits per heavy atom. The number of Topliss-reactive ketones (excluding diaryl/α,β-unsaturated/α-hetero) is 1. The van der Waals surface area contributed by atoms with Gasteiger partial charge in [0.25, 0.3) is 0 Å². The fourth-order valence-electron chi connectivity index (χ4n) is 2.15. The molecule has 0 aromatic heterocycles. The van der Waals surface area contributed by atoms with E-state index in [0.717, 1.165) is 6.42 Å². The van der Waals surface area contributed by atoms with E-state index in [1.54, 1.807) is 0 Å². The third-order valence-electron chi connectivity index (χ3n) is 2.10. The molecule has 1 nitrogen and oxygen atoms in total. The van der Waals surface area contributed by atoms with E-state index in [0.29, 0.717) is 18.6 Å². The summed E-state index contributed by atoms with van der Waals surface area (Å²) in [7, 11) is 0. The summed E-state index contributed by atoms with van der Waals surface area (Å²) in [5, 5.41) is 0. The van der Waals surface area contributed by atoms with Gasteiger partial charge in [-0.15, -0.1) is 4.75 Å². The summed E-state index contributed by atoms with van der Waals surface area (Å²) >= 11 is 5.30. The van der Waals surface area contributed by atoms with Crippen LogP contribution in [0.4, 0.5) is 0 Å². The number of carbonyl (C=O) groups excluding carboxylic acids is 1. The van der Waals surface area contributed by atoms with Crippen LogP contribution in [0.25, 0.3) is 0 Å². The number of ketones is 1. The van der Waals surface area contributed by atoms with Gasteiger partial charge in [0.2, 0.25) is 0 Å². The number of hydrogen-bond donors (Lipinski definition) is 0. The van der Waals surface area contributed by atoms with Crippen LogP contribution in [0.15, 0.2) is 0 Å². The van der Waals surface area contributed by atoms with Crippen LogP contribution in [0.1, 0.15) is 40.0 Å². The first kappa shape index (κ1) is 12.8. The van der Waals surface area contributed by atoms with Gasteiger partial charge in [-0.3, -0.25) is 4.79 Å². The average molecular weight is 368 g/mol. The van der Waals surface area contributed by atoms with E-state index >= 15 is 0 Å². The molecule has 0 amide bonds. The number of carbonyl (C=O) groups is 1. The maximum Gasteiger partial charge on any atom is 1.00 e. The molecule has 1 fully saturated rings. The van der Waals surface area contributed by atoms with Gasteiger partial charge in [0.05, 0.1) is 0 Å². The van der Waals surface area contributed by atoms with Crippen molar-refractivity contribution in [2.75, 3.05) is 0 Å². The van der Waals surface area contributed by atoms with E-state index in [2.05, 4.69) is 13.8 Å². The van der Waals surface area contributed by atoms with Crippen molar-refractivity contribution in [2.24, 2.45) is 5.41 Å². The minimum atomic E-state index is -0.182. The van der Waals surface area contributed by atoms with Crippen LogP contribution < -0.4 is 0 Å². The van der Waals surface area contributed by atoms with Crippen LogP contribution in [0.2, 0.25) is 0 Å².